The van der Waals surface area contributed by atoms with Crippen LogP contribution in [-0.2, 0) is 4.79 Å². The lowest BCUT2D eigenvalue weighted by atomic mass is 10.3. The van der Waals surface area contributed by atoms with Crippen LogP contribution in [0, 0.1) is 11.6 Å². The average molecular weight is 190 g/mol. The Kier molecular flexibility index (Phi) is 2.53. The number of hydrogen-bond acceptors (Lipinski definition) is 2. The Morgan fingerprint density at radius 1 is 1.33 bits per heavy atom. The fourth-order valence-electron chi connectivity index (χ4n) is 0.659. The SMILES string of the molecule is O=C=Nc1cc(F)c(Cl)c(F)c1. The van der Waals surface area contributed by atoms with Gasteiger partial charge >= 0.3 is 0 Å². The Balaban J connectivity index is 3.30. The van der Waals surface area contributed by atoms with Crippen molar-refractivity contribution in [2.45, 2.75) is 0 Å². The molecule has 0 atom stereocenters. The minimum Gasteiger partial charge on any atom is -0.211 e. The summed E-state index contributed by atoms with van der Waals surface area (Å²) in [5, 5.41) is -0.611. The van der Waals surface area contributed by atoms with E-state index in [-0.39, 0.29) is 5.69 Å². The van der Waals surface area contributed by atoms with Gasteiger partial charge in [0.15, 0.2) is 0 Å². The standard InChI is InChI=1S/C7H2ClF2NO/c8-7-5(9)1-4(11-3-12)2-6(7)10/h1-2H. The van der Waals surface area contributed by atoms with E-state index in [1.165, 1.54) is 0 Å². The molecular formula is C7H2ClF2NO. The van der Waals surface area contributed by atoms with E-state index in [0.29, 0.717) is 0 Å². The molecule has 0 unspecified atom stereocenters. The van der Waals surface area contributed by atoms with Crippen molar-refractivity contribution in [3.63, 3.8) is 0 Å². The van der Waals surface area contributed by atoms with E-state index in [2.05, 4.69) is 4.99 Å². The van der Waals surface area contributed by atoms with Gasteiger partial charge < -0.3 is 0 Å². The van der Waals surface area contributed by atoms with Crippen molar-refractivity contribution < 1.29 is 13.6 Å². The van der Waals surface area contributed by atoms with Crippen molar-refractivity contribution in [1.82, 2.24) is 0 Å². The fourth-order valence-corrected chi connectivity index (χ4v) is 0.769. The normalized spacial score (nSPS) is 9.25. The number of carbonyl (C=O) groups excluding carboxylic acids is 1. The van der Waals surface area contributed by atoms with Crippen LogP contribution in [0.25, 0.3) is 0 Å². The lowest BCUT2D eigenvalue weighted by Gasteiger charge is -1.96. The third-order valence-electron chi connectivity index (χ3n) is 1.14. The van der Waals surface area contributed by atoms with Crippen LogP contribution in [0.2, 0.25) is 5.02 Å². The molecule has 0 saturated heterocycles. The van der Waals surface area contributed by atoms with E-state index in [4.69, 9.17) is 11.6 Å². The molecule has 12 heavy (non-hydrogen) atoms. The van der Waals surface area contributed by atoms with E-state index in [0.717, 1.165) is 18.2 Å². The summed E-state index contributed by atoms with van der Waals surface area (Å²) in [6.45, 7) is 0. The van der Waals surface area contributed by atoms with E-state index < -0.39 is 16.7 Å². The van der Waals surface area contributed by atoms with E-state index in [1.54, 1.807) is 0 Å². The molecule has 0 amide bonds. The molecule has 1 rings (SSSR count). The van der Waals surface area contributed by atoms with Crippen molar-refractivity contribution >= 4 is 23.4 Å². The fraction of sp³-hybridized carbons (Fsp3) is 0. The number of benzene rings is 1. The van der Waals surface area contributed by atoms with Crippen molar-refractivity contribution in [3.05, 3.63) is 28.8 Å². The van der Waals surface area contributed by atoms with Gasteiger partial charge in [0.1, 0.15) is 16.7 Å². The second-order valence-electron chi connectivity index (χ2n) is 1.93. The molecule has 5 heteroatoms. The summed E-state index contributed by atoms with van der Waals surface area (Å²) in [6.07, 6.45) is 1.16. The van der Waals surface area contributed by atoms with E-state index in [9.17, 15) is 13.6 Å². The highest BCUT2D eigenvalue weighted by Crippen LogP contribution is 2.24. The van der Waals surface area contributed by atoms with E-state index in [1.807, 2.05) is 0 Å². The van der Waals surface area contributed by atoms with Crippen molar-refractivity contribution in [2.75, 3.05) is 0 Å². The Morgan fingerprint density at radius 3 is 2.25 bits per heavy atom. The van der Waals surface area contributed by atoms with Crippen LogP contribution in [0.4, 0.5) is 14.5 Å². The molecule has 0 spiro atoms. The number of isocyanates is 1. The third-order valence-corrected chi connectivity index (χ3v) is 1.50. The molecule has 0 aliphatic rings. The minimum absolute atomic E-state index is 0.149. The predicted octanol–water partition coefficient (Wildman–Crippen LogP) is 2.59. The van der Waals surface area contributed by atoms with Crippen molar-refractivity contribution in [1.29, 1.82) is 0 Å². The Hall–Kier alpha value is -1.25. The van der Waals surface area contributed by atoms with Gasteiger partial charge in [-0.15, -0.1) is 0 Å². The molecule has 1 aromatic carbocycles. The van der Waals surface area contributed by atoms with Crippen molar-refractivity contribution in [3.8, 4) is 0 Å². The highest BCUT2D eigenvalue weighted by Gasteiger charge is 2.07. The maximum Gasteiger partial charge on any atom is 0.240 e. The van der Waals surface area contributed by atoms with Crippen LogP contribution in [-0.4, -0.2) is 6.08 Å². The molecule has 62 valence electrons. The number of nitrogens with zero attached hydrogens (tertiary/aromatic N) is 1. The second-order valence-corrected chi connectivity index (χ2v) is 2.30. The predicted molar refractivity (Wildman–Crippen MR) is 39.1 cm³/mol. The largest absolute Gasteiger partial charge is 0.240 e. The smallest absolute Gasteiger partial charge is 0.211 e. The third kappa shape index (κ3) is 1.67. The first-order valence-electron chi connectivity index (χ1n) is 2.87. The lowest BCUT2D eigenvalue weighted by Crippen LogP contribution is -1.82. The minimum atomic E-state index is -0.953. The molecule has 0 aliphatic heterocycles. The van der Waals surface area contributed by atoms with Crippen LogP contribution in [0.15, 0.2) is 17.1 Å². The molecule has 0 N–H and O–H groups in total. The summed E-state index contributed by atoms with van der Waals surface area (Å²) in [6, 6.07) is 1.69. The molecule has 0 radical (unpaired) electrons. The summed E-state index contributed by atoms with van der Waals surface area (Å²) in [5.74, 6) is -1.91. The zero-order chi connectivity index (χ0) is 9.14. The zero-order valence-electron chi connectivity index (χ0n) is 5.64. The molecule has 2 nitrogen and oxygen atoms in total. The number of rotatable bonds is 1. The van der Waals surface area contributed by atoms with E-state index >= 15 is 0 Å². The topological polar surface area (TPSA) is 29.4 Å². The number of aliphatic imine (C=N–C) groups is 1. The molecule has 0 saturated carbocycles. The van der Waals surface area contributed by atoms with Gasteiger partial charge in [-0.1, -0.05) is 11.6 Å². The van der Waals surface area contributed by atoms with Gasteiger partial charge in [-0.2, -0.15) is 4.99 Å². The molecule has 0 aromatic heterocycles. The highest BCUT2D eigenvalue weighted by atomic mass is 35.5. The Morgan fingerprint density at radius 2 is 1.83 bits per heavy atom. The quantitative estimate of drug-likeness (QED) is 0.379. The molecule has 0 aliphatic carbocycles. The Labute approximate surface area is 71.5 Å². The van der Waals surface area contributed by atoms with Crippen LogP contribution in [0.3, 0.4) is 0 Å². The van der Waals surface area contributed by atoms with Gasteiger partial charge in [0, 0.05) is 12.1 Å². The summed E-state index contributed by atoms with van der Waals surface area (Å²) in [5.41, 5.74) is -0.149. The number of hydrogen-bond donors (Lipinski definition) is 0. The highest BCUT2D eigenvalue weighted by molar-refractivity contribution is 6.30. The molecular weight excluding hydrogens is 188 g/mol. The van der Waals surface area contributed by atoms with Gasteiger partial charge in [-0.25, -0.2) is 13.6 Å². The zero-order valence-corrected chi connectivity index (χ0v) is 6.40. The van der Waals surface area contributed by atoms with Crippen LogP contribution in [0.5, 0.6) is 0 Å². The molecule has 0 heterocycles. The first-order chi connectivity index (χ1) is 5.65. The number of halogens is 3. The van der Waals surface area contributed by atoms with Gasteiger partial charge in [-0.3, -0.25) is 0 Å². The molecule has 0 fully saturated rings. The summed E-state index contributed by atoms with van der Waals surface area (Å²) in [4.78, 5) is 12.7. The van der Waals surface area contributed by atoms with Crippen LogP contribution >= 0.6 is 11.6 Å². The molecule has 1 aromatic rings. The maximum atomic E-state index is 12.6. The van der Waals surface area contributed by atoms with Gasteiger partial charge in [-0.05, 0) is 0 Å². The lowest BCUT2D eigenvalue weighted by molar-refractivity contribution is 0.565. The molecule has 0 bridgehead atoms. The summed E-state index contributed by atoms with van der Waals surface area (Å²) < 4.78 is 25.2. The van der Waals surface area contributed by atoms with Gasteiger partial charge in [0.05, 0.1) is 5.69 Å². The summed E-state index contributed by atoms with van der Waals surface area (Å²) >= 11 is 5.16. The summed E-state index contributed by atoms with van der Waals surface area (Å²) in [7, 11) is 0. The monoisotopic (exact) mass is 189 g/mol. The maximum absolute atomic E-state index is 12.6. The van der Waals surface area contributed by atoms with Gasteiger partial charge in [0.2, 0.25) is 6.08 Å². The Bertz CT molecular complexity index is 337. The second kappa shape index (κ2) is 3.43. The average Bonchev–Trinajstić information content (AvgIpc) is 2.01. The van der Waals surface area contributed by atoms with Gasteiger partial charge in [0.25, 0.3) is 0 Å². The van der Waals surface area contributed by atoms with Crippen molar-refractivity contribution in [2.24, 2.45) is 4.99 Å². The van der Waals surface area contributed by atoms with Crippen LogP contribution < -0.4 is 0 Å². The van der Waals surface area contributed by atoms with Crippen LogP contribution in [0.1, 0.15) is 0 Å². The first-order valence-corrected chi connectivity index (χ1v) is 3.25. The first kappa shape index (κ1) is 8.84.